The Morgan fingerprint density at radius 3 is 2.83 bits per heavy atom. The van der Waals surface area contributed by atoms with Crippen LogP contribution < -0.4 is 10.1 Å². The topological polar surface area (TPSA) is 52.0 Å². The number of nitrogens with one attached hydrogen (secondary N) is 1. The molecule has 0 spiro atoms. The van der Waals surface area contributed by atoms with Crippen LogP contribution in [0.2, 0.25) is 0 Å². The summed E-state index contributed by atoms with van der Waals surface area (Å²) in [6, 6.07) is 9.20. The summed E-state index contributed by atoms with van der Waals surface area (Å²) in [5, 5.41) is 6.28. The van der Waals surface area contributed by atoms with Gasteiger partial charge in [0.25, 0.3) is 0 Å². The molecule has 1 N–H and O–H groups in total. The van der Waals surface area contributed by atoms with Gasteiger partial charge in [0.05, 0.1) is 23.2 Å². The van der Waals surface area contributed by atoms with E-state index in [1.165, 1.54) is 11.6 Å². The highest BCUT2D eigenvalue weighted by atomic mass is 32.1. The molecule has 0 radical (unpaired) electrons. The fourth-order valence-corrected chi connectivity index (χ4v) is 4.45. The maximum absolute atomic E-state index is 14.5. The summed E-state index contributed by atoms with van der Waals surface area (Å²) in [5.74, 6) is 1.19. The second kappa shape index (κ2) is 8.21. The largest absolute Gasteiger partial charge is 0.496 e. The molecule has 0 amide bonds. The molecule has 29 heavy (non-hydrogen) atoms. The van der Waals surface area contributed by atoms with E-state index in [1.807, 2.05) is 23.6 Å². The van der Waals surface area contributed by atoms with E-state index in [-0.39, 0.29) is 5.82 Å². The lowest BCUT2D eigenvalue weighted by Gasteiger charge is -2.11. The van der Waals surface area contributed by atoms with Crippen molar-refractivity contribution in [2.45, 2.75) is 26.8 Å². The van der Waals surface area contributed by atoms with E-state index >= 15 is 0 Å². The molecule has 0 saturated carbocycles. The van der Waals surface area contributed by atoms with Crippen molar-refractivity contribution in [3.8, 4) is 16.3 Å². The summed E-state index contributed by atoms with van der Waals surface area (Å²) in [7, 11) is 1.60. The molecule has 5 nitrogen and oxygen atoms in total. The predicted molar refractivity (Wildman–Crippen MR) is 116 cm³/mol. The van der Waals surface area contributed by atoms with Crippen LogP contribution in [-0.4, -0.2) is 28.2 Å². The second-order valence-electron chi connectivity index (χ2n) is 6.84. The normalized spacial score (nSPS) is 11.2. The highest BCUT2D eigenvalue weighted by molar-refractivity contribution is 7.13. The molecule has 0 aliphatic carbocycles. The fourth-order valence-electron chi connectivity index (χ4n) is 3.49. The lowest BCUT2D eigenvalue weighted by Crippen LogP contribution is -2.12. The molecule has 150 valence electrons. The number of rotatable bonds is 7. The molecule has 0 aliphatic rings. The lowest BCUT2D eigenvalue weighted by atomic mass is 10.2. The van der Waals surface area contributed by atoms with Gasteiger partial charge in [-0.05, 0) is 48.6 Å². The number of hydrogen-bond donors (Lipinski definition) is 1. The minimum atomic E-state index is -0.248. The number of anilines is 1. The average molecular weight is 411 g/mol. The molecular weight excluding hydrogens is 387 g/mol. The van der Waals surface area contributed by atoms with Gasteiger partial charge in [-0.25, -0.2) is 14.4 Å². The van der Waals surface area contributed by atoms with Crippen LogP contribution >= 0.6 is 11.3 Å². The van der Waals surface area contributed by atoms with Crippen molar-refractivity contribution in [1.29, 1.82) is 0 Å². The van der Waals surface area contributed by atoms with Crippen LogP contribution in [0.5, 0.6) is 5.75 Å². The Balaban J connectivity index is 1.51. The van der Waals surface area contributed by atoms with Crippen molar-refractivity contribution >= 4 is 28.1 Å². The molecule has 3 aromatic heterocycles. The third kappa shape index (κ3) is 3.82. The first-order valence-electron chi connectivity index (χ1n) is 9.56. The van der Waals surface area contributed by atoms with E-state index in [1.54, 1.807) is 30.8 Å². The molecular formula is C22H23FN4OS. The minimum absolute atomic E-state index is 0.248. The molecule has 0 saturated heterocycles. The van der Waals surface area contributed by atoms with Gasteiger partial charge in [-0.15, -0.1) is 11.3 Å². The number of halogens is 1. The van der Waals surface area contributed by atoms with Crippen LogP contribution in [0.3, 0.4) is 0 Å². The van der Waals surface area contributed by atoms with E-state index in [2.05, 4.69) is 33.7 Å². The number of aromatic nitrogens is 3. The van der Waals surface area contributed by atoms with E-state index in [0.29, 0.717) is 24.4 Å². The Morgan fingerprint density at radius 2 is 2.07 bits per heavy atom. The quantitative estimate of drug-likeness (QED) is 0.450. The third-order valence-corrected chi connectivity index (χ3v) is 6.02. The zero-order valence-electron chi connectivity index (χ0n) is 16.7. The van der Waals surface area contributed by atoms with Gasteiger partial charge in [0, 0.05) is 30.2 Å². The molecule has 0 fully saturated rings. The van der Waals surface area contributed by atoms with Crippen LogP contribution in [0, 0.1) is 12.7 Å². The van der Waals surface area contributed by atoms with Crippen molar-refractivity contribution in [1.82, 2.24) is 14.5 Å². The lowest BCUT2D eigenvalue weighted by molar-refractivity contribution is 0.419. The average Bonchev–Trinajstić information content (AvgIpc) is 3.34. The van der Waals surface area contributed by atoms with Crippen molar-refractivity contribution < 1.29 is 9.13 Å². The Hall–Kier alpha value is -2.93. The molecule has 7 heteroatoms. The summed E-state index contributed by atoms with van der Waals surface area (Å²) in [5.41, 5.74) is 3.77. The Bertz CT molecular complexity index is 1150. The van der Waals surface area contributed by atoms with Gasteiger partial charge in [-0.3, -0.25) is 0 Å². The molecule has 4 aromatic rings. The van der Waals surface area contributed by atoms with Crippen LogP contribution in [0.1, 0.15) is 18.2 Å². The highest BCUT2D eigenvalue weighted by Gasteiger charge is 2.14. The maximum Gasteiger partial charge on any atom is 0.147 e. The summed E-state index contributed by atoms with van der Waals surface area (Å²) in [6.07, 6.45) is 2.59. The monoisotopic (exact) mass is 410 g/mol. The van der Waals surface area contributed by atoms with E-state index in [4.69, 9.17) is 4.74 Å². The second-order valence-corrected chi connectivity index (χ2v) is 7.75. The van der Waals surface area contributed by atoms with Gasteiger partial charge >= 0.3 is 0 Å². The number of hydrogen-bond acceptors (Lipinski definition) is 5. The molecule has 0 unspecified atom stereocenters. The number of aryl methyl sites for hydroxylation is 2. The molecule has 0 aliphatic heterocycles. The predicted octanol–water partition coefficient (Wildman–Crippen LogP) is 5.29. The van der Waals surface area contributed by atoms with E-state index < -0.39 is 0 Å². The summed E-state index contributed by atoms with van der Waals surface area (Å²) in [6.45, 7) is 5.34. The van der Waals surface area contributed by atoms with Gasteiger partial charge in [0.2, 0.25) is 0 Å². The number of ether oxygens (including phenoxy) is 1. The molecule has 3 heterocycles. The Kier molecular flexibility index (Phi) is 5.49. The number of thiophene rings is 1. The summed E-state index contributed by atoms with van der Waals surface area (Å²) in [4.78, 5) is 9.84. The summed E-state index contributed by atoms with van der Waals surface area (Å²) < 4.78 is 21.8. The van der Waals surface area contributed by atoms with Gasteiger partial charge < -0.3 is 14.6 Å². The fraction of sp³-hybridized carbons (Fsp3) is 0.273. The van der Waals surface area contributed by atoms with Gasteiger partial charge in [-0.2, -0.15) is 0 Å². The highest BCUT2D eigenvalue weighted by Crippen LogP contribution is 2.31. The summed E-state index contributed by atoms with van der Waals surface area (Å²) >= 11 is 1.69. The third-order valence-electron chi connectivity index (χ3n) is 5.02. The zero-order valence-corrected chi connectivity index (χ0v) is 17.5. The minimum Gasteiger partial charge on any atom is -0.496 e. The smallest absolute Gasteiger partial charge is 0.147 e. The molecule has 1 aromatic carbocycles. The van der Waals surface area contributed by atoms with Gasteiger partial charge in [-0.1, -0.05) is 6.92 Å². The van der Waals surface area contributed by atoms with Crippen LogP contribution in [0.4, 0.5) is 10.2 Å². The SMILES string of the molecule is CCc1csc(-c2cc(NCCn3c(C)cc4c(OC)ccc(F)c43)ncn2)c1. The van der Waals surface area contributed by atoms with E-state index in [9.17, 15) is 4.39 Å². The van der Waals surface area contributed by atoms with Crippen molar-refractivity contribution in [3.05, 3.63) is 59.1 Å². The maximum atomic E-state index is 14.5. The first-order chi connectivity index (χ1) is 14.1. The van der Waals surface area contributed by atoms with Crippen LogP contribution in [0.25, 0.3) is 21.5 Å². The van der Waals surface area contributed by atoms with Crippen LogP contribution in [0.15, 0.2) is 42.0 Å². The number of benzene rings is 1. The van der Waals surface area contributed by atoms with Crippen molar-refractivity contribution in [2.24, 2.45) is 0 Å². The number of nitrogens with zero attached hydrogens (tertiary/aromatic N) is 3. The van der Waals surface area contributed by atoms with Crippen molar-refractivity contribution in [3.63, 3.8) is 0 Å². The first-order valence-corrected chi connectivity index (χ1v) is 10.4. The molecule has 0 bridgehead atoms. The van der Waals surface area contributed by atoms with Crippen molar-refractivity contribution in [2.75, 3.05) is 19.0 Å². The standard InChI is InChI=1S/C22H23FN4OS/c1-4-15-10-20(29-12-15)18-11-21(26-13-25-18)24-7-8-27-14(2)9-16-19(28-3)6-5-17(23)22(16)27/h5-6,9-13H,4,7-8H2,1-3H3,(H,24,25,26). The number of methoxy groups -OCH3 is 1. The molecule has 4 rings (SSSR count). The van der Waals surface area contributed by atoms with E-state index in [0.717, 1.165) is 33.9 Å². The zero-order chi connectivity index (χ0) is 20.4. The Morgan fingerprint density at radius 1 is 1.21 bits per heavy atom. The van der Waals surface area contributed by atoms with Gasteiger partial charge in [0.15, 0.2) is 0 Å². The molecule has 0 atom stereocenters. The first kappa shape index (κ1) is 19.4. The number of fused-ring (bicyclic) bond motifs is 1. The van der Waals surface area contributed by atoms with Crippen LogP contribution in [-0.2, 0) is 13.0 Å². The van der Waals surface area contributed by atoms with Gasteiger partial charge in [0.1, 0.15) is 23.7 Å². The Labute approximate surface area is 173 Å².